The van der Waals surface area contributed by atoms with Crippen molar-refractivity contribution in [2.24, 2.45) is 5.92 Å². The third-order valence-electron chi connectivity index (χ3n) is 3.73. The lowest BCUT2D eigenvalue weighted by molar-refractivity contribution is -0.150. The zero-order valence-electron chi connectivity index (χ0n) is 12.7. The van der Waals surface area contributed by atoms with Crippen molar-refractivity contribution in [3.05, 3.63) is 48.0 Å². The Hall–Kier alpha value is -2.10. The van der Waals surface area contributed by atoms with E-state index in [1.54, 1.807) is 4.90 Å². The van der Waals surface area contributed by atoms with Crippen LogP contribution in [0.25, 0.3) is 0 Å². The molecule has 0 aromatic heterocycles. The zero-order valence-corrected chi connectivity index (χ0v) is 12.7. The van der Waals surface area contributed by atoms with Crippen LogP contribution in [0.2, 0.25) is 0 Å². The third-order valence-corrected chi connectivity index (χ3v) is 3.73. The number of carbonyl (C=O) groups is 2. The van der Waals surface area contributed by atoms with Crippen molar-refractivity contribution in [3.8, 4) is 0 Å². The molecule has 1 aliphatic heterocycles. The van der Waals surface area contributed by atoms with Gasteiger partial charge >= 0.3 is 0 Å². The van der Waals surface area contributed by atoms with Crippen LogP contribution in [0.5, 0.6) is 0 Å². The van der Waals surface area contributed by atoms with Gasteiger partial charge in [0.2, 0.25) is 11.8 Å². The molecule has 1 aromatic carbocycles. The number of hydrogen-bond acceptors (Lipinski definition) is 2. The molecule has 0 saturated carbocycles. The van der Waals surface area contributed by atoms with Crippen LogP contribution >= 0.6 is 0 Å². The second-order valence-electron chi connectivity index (χ2n) is 5.60. The third kappa shape index (κ3) is 3.15. The number of amides is 2. The molecule has 4 heteroatoms. The van der Waals surface area contributed by atoms with Gasteiger partial charge in [-0.1, -0.05) is 56.3 Å². The molecular formula is C17H22N2O2. The van der Waals surface area contributed by atoms with Gasteiger partial charge in [0.15, 0.2) is 0 Å². The highest BCUT2D eigenvalue weighted by atomic mass is 16.2. The van der Waals surface area contributed by atoms with Gasteiger partial charge in [-0.05, 0) is 18.4 Å². The van der Waals surface area contributed by atoms with E-state index in [2.05, 4.69) is 5.32 Å². The van der Waals surface area contributed by atoms with Crippen LogP contribution in [0.3, 0.4) is 0 Å². The van der Waals surface area contributed by atoms with Crippen molar-refractivity contribution in [3.63, 3.8) is 0 Å². The first-order valence-corrected chi connectivity index (χ1v) is 7.33. The number of nitrogens with one attached hydrogen (secondary N) is 1. The van der Waals surface area contributed by atoms with Gasteiger partial charge in [0.05, 0.1) is 0 Å². The predicted molar refractivity (Wildman–Crippen MR) is 82.5 cm³/mol. The van der Waals surface area contributed by atoms with E-state index in [-0.39, 0.29) is 17.7 Å². The highest BCUT2D eigenvalue weighted by Gasteiger charge is 2.41. The molecule has 21 heavy (non-hydrogen) atoms. The molecule has 2 rings (SSSR count). The SMILES string of the molecule is C/C=C/CN1C(=O)C(C(C)C)NC(=O)C1c1ccccc1. The van der Waals surface area contributed by atoms with Crippen molar-refractivity contribution < 1.29 is 9.59 Å². The summed E-state index contributed by atoms with van der Waals surface area (Å²) in [6.07, 6.45) is 3.80. The molecule has 0 spiro atoms. The predicted octanol–water partition coefficient (Wildman–Crippen LogP) is 2.29. The summed E-state index contributed by atoms with van der Waals surface area (Å²) in [5.41, 5.74) is 0.843. The maximum Gasteiger partial charge on any atom is 0.248 e. The first kappa shape index (κ1) is 15.3. The van der Waals surface area contributed by atoms with Crippen LogP contribution in [-0.4, -0.2) is 29.3 Å². The summed E-state index contributed by atoms with van der Waals surface area (Å²) in [7, 11) is 0. The molecule has 2 atom stereocenters. The minimum absolute atomic E-state index is 0.0171. The lowest BCUT2D eigenvalue weighted by atomic mass is 9.94. The van der Waals surface area contributed by atoms with Gasteiger partial charge in [-0.2, -0.15) is 0 Å². The fourth-order valence-electron chi connectivity index (χ4n) is 2.57. The number of nitrogens with zero attached hydrogens (tertiary/aromatic N) is 1. The number of hydrogen-bond donors (Lipinski definition) is 1. The summed E-state index contributed by atoms with van der Waals surface area (Å²) in [6.45, 7) is 6.25. The highest BCUT2D eigenvalue weighted by molar-refractivity contribution is 5.97. The van der Waals surface area contributed by atoms with Crippen LogP contribution in [0, 0.1) is 5.92 Å². The molecule has 112 valence electrons. The molecule has 4 nitrogen and oxygen atoms in total. The first-order chi connectivity index (χ1) is 10.1. The summed E-state index contributed by atoms with van der Waals surface area (Å²) in [5, 5.41) is 2.87. The molecule has 2 amide bonds. The lowest BCUT2D eigenvalue weighted by Gasteiger charge is -2.40. The van der Waals surface area contributed by atoms with Gasteiger partial charge in [0.25, 0.3) is 0 Å². The van der Waals surface area contributed by atoms with E-state index in [1.807, 2.05) is 63.3 Å². The normalized spacial score (nSPS) is 23.0. The van der Waals surface area contributed by atoms with Crippen molar-refractivity contribution in [2.45, 2.75) is 32.9 Å². The minimum Gasteiger partial charge on any atom is -0.342 e. The quantitative estimate of drug-likeness (QED) is 0.863. The summed E-state index contributed by atoms with van der Waals surface area (Å²) < 4.78 is 0. The van der Waals surface area contributed by atoms with Crippen LogP contribution < -0.4 is 5.32 Å². The molecule has 2 unspecified atom stereocenters. The van der Waals surface area contributed by atoms with Crippen LogP contribution in [0.4, 0.5) is 0 Å². The van der Waals surface area contributed by atoms with E-state index in [4.69, 9.17) is 0 Å². The van der Waals surface area contributed by atoms with E-state index in [0.29, 0.717) is 6.54 Å². The van der Waals surface area contributed by atoms with Gasteiger partial charge < -0.3 is 10.2 Å². The Kier molecular flexibility index (Phi) is 4.78. The number of carbonyl (C=O) groups excluding carboxylic acids is 2. The smallest absolute Gasteiger partial charge is 0.248 e. The van der Waals surface area contributed by atoms with Gasteiger partial charge in [0, 0.05) is 6.54 Å². The molecule has 0 radical (unpaired) electrons. The Balaban J connectivity index is 2.37. The Bertz CT molecular complexity index is 537. The topological polar surface area (TPSA) is 49.4 Å². The largest absolute Gasteiger partial charge is 0.342 e. The van der Waals surface area contributed by atoms with Crippen molar-refractivity contribution >= 4 is 11.8 Å². The van der Waals surface area contributed by atoms with Crippen molar-refractivity contribution in [2.75, 3.05) is 6.54 Å². The van der Waals surface area contributed by atoms with Gasteiger partial charge in [-0.15, -0.1) is 0 Å². The van der Waals surface area contributed by atoms with Crippen LogP contribution in [0.1, 0.15) is 32.4 Å². The summed E-state index contributed by atoms with van der Waals surface area (Å²) in [6, 6.07) is 8.45. The minimum atomic E-state index is -0.551. The Morgan fingerprint density at radius 1 is 1.24 bits per heavy atom. The molecule has 1 aromatic rings. The number of piperazine rings is 1. The fraction of sp³-hybridized carbons (Fsp3) is 0.412. The average Bonchev–Trinajstić information content (AvgIpc) is 2.48. The van der Waals surface area contributed by atoms with Crippen LogP contribution in [-0.2, 0) is 9.59 Å². The second kappa shape index (κ2) is 6.57. The summed E-state index contributed by atoms with van der Waals surface area (Å²) in [5.74, 6) is -0.0492. The molecular weight excluding hydrogens is 264 g/mol. The molecule has 0 bridgehead atoms. The van der Waals surface area contributed by atoms with E-state index < -0.39 is 12.1 Å². The molecule has 1 heterocycles. The lowest BCUT2D eigenvalue weighted by Crippen LogP contribution is -2.61. The standard InChI is InChI=1S/C17H22N2O2/c1-4-5-11-19-15(13-9-7-6-8-10-13)16(20)18-14(12(2)3)17(19)21/h4-10,12,14-15H,11H2,1-3H3,(H,18,20)/b5-4+. The monoisotopic (exact) mass is 286 g/mol. The van der Waals surface area contributed by atoms with Gasteiger partial charge in [-0.25, -0.2) is 0 Å². The van der Waals surface area contributed by atoms with Crippen molar-refractivity contribution in [1.82, 2.24) is 10.2 Å². The second-order valence-corrected chi connectivity index (χ2v) is 5.60. The molecule has 1 aliphatic rings. The molecule has 1 fully saturated rings. The average molecular weight is 286 g/mol. The first-order valence-electron chi connectivity index (χ1n) is 7.33. The van der Waals surface area contributed by atoms with Crippen molar-refractivity contribution in [1.29, 1.82) is 0 Å². The molecule has 1 saturated heterocycles. The Morgan fingerprint density at radius 3 is 2.48 bits per heavy atom. The zero-order chi connectivity index (χ0) is 15.4. The van der Waals surface area contributed by atoms with E-state index in [1.165, 1.54) is 0 Å². The number of allylic oxidation sites excluding steroid dienone is 1. The number of rotatable bonds is 4. The van der Waals surface area contributed by atoms with Crippen LogP contribution in [0.15, 0.2) is 42.5 Å². The Morgan fingerprint density at radius 2 is 1.90 bits per heavy atom. The van der Waals surface area contributed by atoms with E-state index >= 15 is 0 Å². The van der Waals surface area contributed by atoms with Gasteiger partial charge in [-0.3, -0.25) is 9.59 Å². The number of benzene rings is 1. The molecule has 1 N–H and O–H groups in total. The fourth-order valence-corrected chi connectivity index (χ4v) is 2.57. The summed E-state index contributed by atoms with van der Waals surface area (Å²) >= 11 is 0. The maximum atomic E-state index is 12.7. The molecule has 0 aliphatic carbocycles. The summed E-state index contributed by atoms with van der Waals surface area (Å²) in [4.78, 5) is 26.8. The van der Waals surface area contributed by atoms with E-state index in [9.17, 15) is 9.59 Å². The van der Waals surface area contributed by atoms with Gasteiger partial charge in [0.1, 0.15) is 12.1 Å². The highest BCUT2D eigenvalue weighted by Crippen LogP contribution is 2.27. The van der Waals surface area contributed by atoms with E-state index in [0.717, 1.165) is 5.56 Å². The maximum absolute atomic E-state index is 12.7. The Labute approximate surface area is 125 Å².